The fraction of sp³-hybridized carbons (Fsp3) is 0. The van der Waals surface area contributed by atoms with Crippen molar-refractivity contribution in [1.82, 2.24) is 4.98 Å². The molecular formula is C20H16BrN5O3. The summed E-state index contributed by atoms with van der Waals surface area (Å²) in [5.74, 6) is -0.486. The van der Waals surface area contributed by atoms with Crippen molar-refractivity contribution in [2.24, 2.45) is 10.9 Å². The molecular weight excluding hydrogens is 438 g/mol. The molecule has 3 aromatic rings. The number of carbonyl (C=O) groups excluding carboxylic acids is 2. The fourth-order valence-corrected chi connectivity index (χ4v) is 2.84. The van der Waals surface area contributed by atoms with E-state index in [0.717, 1.165) is 0 Å². The summed E-state index contributed by atoms with van der Waals surface area (Å²) in [6.07, 6.45) is 1.57. The molecule has 0 atom stereocenters. The molecule has 0 unspecified atom stereocenters. The number of amidine groups is 1. The van der Waals surface area contributed by atoms with E-state index >= 15 is 0 Å². The standard InChI is InChI=1S/C20H16BrN5O3/c21-14-8-9-16(15(11-14)20(28)25-17-3-1-2-10-23-17)24-19(27)13-6-4-12(5-7-13)18(22)26-29/h1-11,29H,(H2,22,26)(H,24,27)(H,23,25,28). The molecule has 2 amide bonds. The van der Waals surface area contributed by atoms with Crippen molar-refractivity contribution in [2.75, 3.05) is 10.6 Å². The second kappa shape index (κ2) is 8.98. The van der Waals surface area contributed by atoms with Crippen LogP contribution in [0.3, 0.4) is 0 Å². The zero-order valence-electron chi connectivity index (χ0n) is 15.0. The molecule has 0 bridgehead atoms. The van der Waals surface area contributed by atoms with Crippen LogP contribution >= 0.6 is 15.9 Å². The molecule has 0 spiro atoms. The first-order valence-corrected chi connectivity index (χ1v) is 9.18. The first-order chi connectivity index (χ1) is 14.0. The molecule has 29 heavy (non-hydrogen) atoms. The Kier molecular flexibility index (Phi) is 6.20. The summed E-state index contributed by atoms with van der Waals surface area (Å²) in [7, 11) is 0. The second-order valence-electron chi connectivity index (χ2n) is 5.88. The van der Waals surface area contributed by atoms with E-state index in [9.17, 15) is 9.59 Å². The zero-order chi connectivity index (χ0) is 20.8. The van der Waals surface area contributed by atoms with Gasteiger partial charge in [-0.25, -0.2) is 4.98 Å². The van der Waals surface area contributed by atoms with E-state index < -0.39 is 11.8 Å². The average Bonchev–Trinajstić information content (AvgIpc) is 2.75. The molecule has 146 valence electrons. The number of amides is 2. The molecule has 5 N–H and O–H groups in total. The van der Waals surface area contributed by atoms with Crippen LogP contribution in [0.15, 0.2) is 76.5 Å². The Morgan fingerprint density at radius 1 is 0.966 bits per heavy atom. The topological polar surface area (TPSA) is 130 Å². The maximum atomic E-state index is 12.7. The Balaban J connectivity index is 1.82. The van der Waals surface area contributed by atoms with Gasteiger partial charge >= 0.3 is 0 Å². The molecule has 2 aromatic carbocycles. The van der Waals surface area contributed by atoms with Gasteiger partial charge in [0.25, 0.3) is 11.8 Å². The number of hydrogen-bond donors (Lipinski definition) is 4. The van der Waals surface area contributed by atoms with Gasteiger partial charge in [0.1, 0.15) is 5.82 Å². The van der Waals surface area contributed by atoms with Gasteiger partial charge in [-0.05, 0) is 42.5 Å². The Hall–Kier alpha value is -3.72. The minimum Gasteiger partial charge on any atom is -0.409 e. The number of anilines is 2. The van der Waals surface area contributed by atoms with E-state index in [4.69, 9.17) is 10.9 Å². The molecule has 0 saturated carbocycles. The number of pyridine rings is 1. The lowest BCUT2D eigenvalue weighted by molar-refractivity contribution is 0.102. The Morgan fingerprint density at radius 3 is 2.34 bits per heavy atom. The summed E-state index contributed by atoms with van der Waals surface area (Å²) in [5.41, 5.74) is 6.95. The van der Waals surface area contributed by atoms with Gasteiger partial charge in [-0.3, -0.25) is 9.59 Å². The highest BCUT2D eigenvalue weighted by atomic mass is 79.9. The number of halogens is 1. The molecule has 0 aliphatic carbocycles. The van der Waals surface area contributed by atoms with Gasteiger partial charge in [-0.15, -0.1) is 0 Å². The average molecular weight is 454 g/mol. The Labute approximate surface area is 174 Å². The van der Waals surface area contributed by atoms with E-state index in [1.165, 1.54) is 12.1 Å². The van der Waals surface area contributed by atoms with Crippen LogP contribution in [-0.4, -0.2) is 27.8 Å². The van der Waals surface area contributed by atoms with Crippen LogP contribution in [0.4, 0.5) is 11.5 Å². The van der Waals surface area contributed by atoms with Gasteiger partial charge < -0.3 is 21.6 Å². The van der Waals surface area contributed by atoms with Crippen LogP contribution in [0.25, 0.3) is 0 Å². The normalized spacial score (nSPS) is 11.0. The number of nitrogens with one attached hydrogen (secondary N) is 2. The van der Waals surface area contributed by atoms with E-state index in [1.54, 1.807) is 54.7 Å². The summed E-state index contributed by atoms with van der Waals surface area (Å²) >= 11 is 3.34. The van der Waals surface area contributed by atoms with Gasteiger partial charge in [-0.2, -0.15) is 0 Å². The maximum absolute atomic E-state index is 12.7. The summed E-state index contributed by atoms with van der Waals surface area (Å²) in [5, 5.41) is 17.0. The number of rotatable bonds is 5. The highest BCUT2D eigenvalue weighted by molar-refractivity contribution is 9.10. The van der Waals surface area contributed by atoms with Crippen LogP contribution in [0.5, 0.6) is 0 Å². The highest BCUT2D eigenvalue weighted by Gasteiger charge is 2.16. The third-order valence-corrected chi connectivity index (χ3v) is 4.42. The molecule has 1 aromatic heterocycles. The third-order valence-electron chi connectivity index (χ3n) is 3.93. The van der Waals surface area contributed by atoms with Crippen molar-refractivity contribution in [3.8, 4) is 0 Å². The lowest BCUT2D eigenvalue weighted by Crippen LogP contribution is -2.19. The monoisotopic (exact) mass is 453 g/mol. The quantitative estimate of drug-likeness (QED) is 0.203. The van der Waals surface area contributed by atoms with Gasteiger partial charge in [-0.1, -0.05) is 39.3 Å². The predicted octanol–water partition coefficient (Wildman–Crippen LogP) is 3.44. The summed E-state index contributed by atoms with van der Waals surface area (Å²) < 4.78 is 0.685. The smallest absolute Gasteiger partial charge is 0.258 e. The fourth-order valence-electron chi connectivity index (χ4n) is 2.48. The zero-order valence-corrected chi connectivity index (χ0v) is 16.6. The summed E-state index contributed by atoms with van der Waals surface area (Å²) in [6.45, 7) is 0. The minimum atomic E-state index is -0.414. The molecule has 3 rings (SSSR count). The van der Waals surface area contributed by atoms with Crippen LogP contribution in [-0.2, 0) is 0 Å². The first-order valence-electron chi connectivity index (χ1n) is 8.39. The van der Waals surface area contributed by atoms with Crippen molar-refractivity contribution in [3.05, 3.63) is 88.0 Å². The van der Waals surface area contributed by atoms with E-state index in [2.05, 4.69) is 36.7 Å². The molecule has 0 saturated heterocycles. The molecule has 0 aliphatic rings. The van der Waals surface area contributed by atoms with Crippen LogP contribution in [0.2, 0.25) is 0 Å². The third kappa shape index (κ3) is 4.96. The van der Waals surface area contributed by atoms with Crippen molar-refractivity contribution in [3.63, 3.8) is 0 Å². The molecule has 0 radical (unpaired) electrons. The van der Waals surface area contributed by atoms with Gasteiger partial charge in [0, 0.05) is 21.8 Å². The molecule has 0 aliphatic heterocycles. The number of benzene rings is 2. The number of carbonyl (C=O) groups is 2. The van der Waals surface area contributed by atoms with Crippen LogP contribution in [0.1, 0.15) is 26.3 Å². The van der Waals surface area contributed by atoms with E-state index in [1.807, 2.05) is 0 Å². The van der Waals surface area contributed by atoms with Crippen LogP contribution in [0, 0.1) is 0 Å². The number of nitrogens with two attached hydrogens (primary N) is 1. The SMILES string of the molecule is NC(=NO)c1ccc(C(=O)Nc2ccc(Br)cc2C(=O)Nc2ccccn2)cc1. The molecule has 0 fully saturated rings. The summed E-state index contributed by atoms with van der Waals surface area (Å²) in [6, 6.07) is 16.3. The Morgan fingerprint density at radius 2 is 1.69 bits per heavy atom. The van der Waals surface area contributed by atoms with Crippen LogP contribution < -0.4 is 16.4 Å². The maximum Gasteiger partial charge on any atom is 0.258 e. The number of nitrogens with zero attached hydrogens (tertiary/aromatic N) is 2. The molecule has 1 heterocycles. The molecule has 8 nitrogen and oxygen atoms in total. The van der Waals surface area contributed by atoms with E-state index in [-0.39, 0.29) is 11.4 Å². The largest absolute Gasteiger partial charge is 0.409 e. The van der Waals surface area contributed by atoms with Crippen molar-refractivity contribution in [1.29, 1.82) is 0 Å². The highest BCUT2D eigenvalue weighted by Crippen LogP contribution is 2.23. The number of oxime groups is 1. The lowest BCUT2D eigenvalue weighted by atomic mass is 10.1. The minimum absolute atomic E-state index is 0.0571. The predicted molar refractivity (Wildman–Crippen MR) is 113 cm³/mol. The van der Waals surface area contributed by atoms with Crippen molar-refractivity contribution in [2.45, 2.75) is 0 Å². The summed E-state index contributed by atoms with van der Waals surface area (Å²) in [4.78, 5) is 29.4. The van der Waals surface area contributed by atoms with Gasteiger partial charge in [0.05, 0.1) is 11.3 Å². The van der Waals surface area contributed by atoms with Gasteiger partial charge in [0.15, 0.2) is 5.84 Å². The molecule has 9 heteroatoms. The van der Waals surface area contributed by atoms with Crippen molar-refractivity contribution < 1.29 is 14.8 Å². The first kappa shape index (κ1) is 20.0. The number of hydrogen-bond acceptors (Lipinski definition) is 5. The van der Waals surface area contributed by atoms with Gasteiger partial charge in [0.2, 0.25) is 0 Å². The lowest BCUT2D eigenvalue weighted by Gasteiger charge is -2.12. The van der Waals surface area contributed by atoms with E-state index in [0.29, 0.717) is 27.1 Å². The second-order valence-corrected chi connectivity index (χ2v) is 6.79. The number of aromatic nitrogens is 1. The Bertz CT molecular complexity index is 1070. The van der Waals surface area contributed by atoms with Crippen molar-refractivity contribution >= 4 is 45.1 Å².